The van der Waals surface area contributed by atoms with Crippen molar-refractivity contribution in [3.63, 3.8) is 0 Å². The number of benzene rings is 2. The van der Waals surface area contributed by atoms with Crippen molar-refractivity contribution in [1.82, 2.24) is 15.3 Å². The second-order valence-electron chi connectivity index (χ2n) is 10.5. The number of Topliss-reactive ketones (excluding diaryl/α,β-unsaturated/α-hetero) is 1. The molecule has 5 rings (SSSR count). The number of halogens is 5. The van der Waals surface area contributed by atoms with Crippen molar-refractivity contribution in [3.8, 4) is 11.8 Å². The number of hydrogen-bond donors (Lipinski definition) is 1. The zero-order valence-corrected chi connectivity index (χ0v) is 24.1. The highest BCUT2D eigenvalue weighted by Gasteiger charge is 2.47. The van der Waals surface area contributed by atoms with E-state index in [4.69, 9.17) is 11.6 Å². The molecule has 45 heavy (non-hydrogen) atoms. The number of carbonyl (C=O) groups excluding carboxylic acids is 3. The monoisotopic (exact) mass is 644 g/mol. The van der Waals surface area contributed by atoms with Crippen LogP contribution in [0.3, 0.4) is 0 Å². The molecular weight excluding hydrogens is 620 g/mol. The predicted octanol–water partition coefficient (Wildman–Crippen LogP) is 4.83. The molecule has 2 heterocycles. The lowest BCUT2D eigenvalue weighted by molar-refractivity contribution is -0.130. The molecule has 2 aromatic carbocycles. The van der Waals surface area contributed by atoms with Crippen LogP contribution in [0.15, 0.2) is 60.8 Å². The van der Waals surface area contributed by atoms with Gasteiger partial charge in [0.1, 0.15) is 29.6 Å². The fourth-order valence-corrected chi connectivity index (χ4v) is 5.64. The maximum atomic E-state index is 14.0. The van der Waals surface area contributed by atoms with Gasteiger partial charge in [-0.3, -0.25) is 19.3 Å². The van der Waals surface area contributed by atoms with Crippen LogP contribution in [-0.2, 0) is 14.4 Å². The fourth-order valence-electron chi connectivity index (χ4n) is 5.40. The highest BCUT2D eigenvalue weighted by molar-refractivity contribution is 6.31. The Labute approximate surface area is 259 Å². The Bertz CT molecular complexity index is 1650. The van der Waals surface area contributed by atoms with E-state index in [1.54, 1.807) is 12.1 Å². The first-order chi connectivity index (χ1) is 21.5. The molecular formula is C30H25ClF4N6O4. The molecule has 1 aromatic heterocycles. The first-order valence-corrected chi connectivity index (χ1v) is 14.2. The number of ketones is 1. The Morgan fingerprint density at radius 2 is 1.93 bits per heavy atom. The fraction of sp³-hybridized carbons (Fsp3) is 0.333. The highest BCUT2D eigenvalue weighted by atomic mass is 35.5. The SMILES string of the molecule is N#Cc1ccnc(N2C(=O)CC[C@H]2C(=O)CN(c2cccc(OC(F)F)c2)[C@H](C(=O)NC2CC(F)(F)C2)c2ccccc2Cl)n1. The van der Waals surface area contributed by atoms with E-state index in [1.165, 1.54) is 53.6 Å². The van der Waals surface area contributed by atoms with Gasteiger partial charge in [-0.25, -0.2) is 18.7 Å². The summed E-state index contributed by atoms with van der Waals surface area (Å²) in [6.07, 6.45) is 0.159. The van der Waals surface area contributed by atoms with Crippen LogP contribution in [0.4, 0.5) is 29.2 Å². The smallest absolute Gasteiger partial charge is 0.387 e. The van der Waals surface area contributed by atoms with Crippen molar-refractivity contribution < 1.29 is 36.7 Å². The standard InChI is InChI=1S/C30H25ClF4N6O4/c31-22-7-2-1-6-21(22)26(27(44)38-18-13-30(34,35)14-18)40(19-4-3-5-20(12-19)45-28(32)33)16-24(42)23-8-9-25(43)41(23)29-37-11-10-17(15-36)39-29/h1-7,10-12,18,23,26,28H,8-9,13-14,16H2,(H,38,44)/t23-,26-/m0/s1. The lowest BCUT2D eigenvalue weighted by Crippen LogP contribution is -2.54. The first-order valence-electron chi connectivity index (χ1n) is 13.8. The first kappa shape index (κ1) is 31.6. The van der Waals surface area contributed by atoms with Crippen LogP contribution in [0.5, 0.6) is 5.75 Å². The minimum Gasteiger partial charge on any atom is -0.435 e. The normalized spacial score (nSPS) is 18.2. The van der Waals surface area contributed by atoms with E-state index in [0.717, 1.165) is 4.90 Å². The average molecular weight is 645 g/mol. The molecule has 1 aliphatic carbocycles. The topological polar surface area (TPSA) is 129 Å². The molecule has 1 saturated heterocycles. The summed E-state index contributed by atoms with van der Waals surface area (Å²) in [4.78, 5) is 51.3. The summed E-state index contributed by atoms with van der Waals surface area (Å²) in [6.45, 7) is -3.73. The number of amides is 2. The molecule has 2 amide bonds. The molecule has 1 N–H and O–H groups in total. The van der Waals surface area contributed by atoms with Crippen molar-refractivity contribution >= 4 is 40.8 Å². The molecule has 2 fully saturated rings. The van der Waals surface area contributed by atoms with E-state index in [1.807, 2.05) is 6.07 Å². The lowest BCUT2D eigenvalue weighted by atomic mass is 9.87. The summed E-state index contributed by atoms with van der Waals surface area (Å²) in [7, 11) is 0. The third-order valence-electron chi connectivity index (χ3n) is 7.45. The molecule has 3 aromatic rings. The van der Waals surface area contributed by atoms with Gasteiger partial charge in [-0.1, -0.05) is 35.9 Å². The average Bonchev–Trinajstić information content (AvgIpc) is 3.38. The number of carbonyl (C=O) groups is 3. The number of anilines is 2. The molecule has 10 nitrogen and oxygen atoms in total. The van der Waals surface area contributed by atoms with Crippen LogP contribution in [0.2, 0.25) is 5.02 Å². The minimum atomic E-state index is -3.17. The molecule has 0 unspecified atom stereocenters. The van der Waals surface area contributed by atoms with Gasteiger partial charge >= 0.3 is 6.61 Å². The lowest BCUT2D eigenvalue weighted by Gasteiger charge is -2.39. The van der Waals surface area contributed by atoms with Gasteiger partial charge in [0, 0.05) is 53.8 Å². The van der Waals surface area contributed by atoms with Crippen molar-refractivity contribution in [2.45, 2.75) is 56.3 Å². The van der Waals surface area contributed by atoms with E-state index in [9.17, 15) is 37.2 Å². The van der Waals surface area contributed by atoms with Crippen LogP contribution in [0.1, 0.15) is 43.0 Å². The number of rotatable bonds is 11. The third-order valence-corrected chi connectivity index (χ3v) is 7.80. The summed E-state index contributed by atoms with van der Waals surface area (Å²) in [5.41, 5.74) is 0.277. The molecule has 1 saturated carbocycles. The maximum Gasteiger partial charge on any atom is 0.387 e. The molecule has 0 radical (unpaired) electrons. The predicted molar refractivity (Wildman–Crippen MR) is 153 cm³/mol. The van der Waals surface area contributed by atoms with Crippen LogP contribution in [0.25, 0.3) is 0 Å². The van der Waals surface area contributed by atoms with E-state index in [-0.39, 0.29) is 46.5 Å². The Morgan fingerprint density at radius 3 is 2.62 bits per heavy atom. The number of ether oxygens (including phenoxy) is 1. The van der Waals surface area contributed by atoms with Gasteiger partial charge in [0.05, 0.1) is 6.54 Å². The van der Waals surface area contributed by atoms with Gasteiger partial charge in [-0.2, -0.15) is 14.0 Å². The van der Waals surface area contributed by atoms with Gasteiger partial charge < -0.3 is 15.0 Å². The molecule has 2 aliphatic rings. The molecule has 15 heteroatoms. The second-order valence-corrected chi connectivity index (χ2v) is 10.9. The minimum absolute atomic E-state index is 0.0274. The summed E-state index contributed by atoms with van der Waals surface area (Å²) in [5.74, 6) is -5.16. The van der Waals surface area contributed by atoms with E-state index < -0.39 is 67.6 Å². The summed E-state index contributed by atoms with van der Waals surface area (Å²) in [6, 6.07) is 11.3. The zero-order chi connectivity index (χ0) is 32.3. The summed E-state index contributed by atoms with van der Waals surface area (Å²) < 4.78 is 58.1. The van der Waals surface area contributed by atoms with Crippen molar-refractivity contribution in [3.05, 3.63) is 77.1 Å². The number of hydrogen-bond acceptors (Lipinski definition) is 8. The number of nitrogens with one attached hydrogen (secondary N) is 1. The molecule has 1 aliphatic heterocycles. The van der Waals surface area contributed by atoms with Crippen LogP contribution >= 0.6 is 11.6 Å². The maximum absolute atomic E-state index is 14.0. The zero-order valence-electron chi connectivity index (χ0n) is 23.4. The number of nitrogens with zero attached hydrogens (tertiary/aromatic N) is 5. The molecule has 0 spiro atoms. The van der Waals surface area contributed by atoms with E-state index in [0.29, 0.717) is 0 Å². The second kappa shape index (κ2) is 13.1. The van der Waals surface area contributed by atoms with Gasteiger partial charge in [0.2, 0.25) is 17.8 Å². The number of aromatic nitrogens is 2. The van der Waals surface area contributed by atoms with Crippen molar-refractivity contribution in [2.24, 2.45) is 0 Å². The number of nitriles is 1. The highest BCUT2D eigenvalue weighted by Crippen LogP contribution is 2.39. The van der Waals surface area contributed by atoms with Gasteiger partial charge in [-0.15, -0.1) is 0 Å². The van der Waals surface area contributed by atoms with Crippen LogP contribution < -0.4 is 19.9 Å². The quantitative estimate of drug-likeness (QED) is 0.294. The largest absolute Gasteiger partial charge is 0.435 e. The van der Waals surface area contributed by atoms with Crippen molar-refractivity contribution in [1.29, 1.82) is 5.26 Å². The van der Waals surface area contributed by atoms with Crippen molar-refractivity contribution in [2.75, 3.05) is 16.3 Å². The van der Waals surface area contributed by atoms with Crippen LogP contribution in [0, 0.1) is 11.3 Å². The Kier molecular flexibility index (Phi) is 9.19. The Morgan fingerprint density at radius 1 is 1.18 bits per heavy atom. The van der Waals surface area contributed by atoms with Gasteiger partial charge in [-0.05, 0) is 30.7 Å². The summed E-state index contributed by atoms with van der Waals surface area (Å²) >= 11 is 6.51. The third kappa shape index (κ3) is 7.15. The van der Waals surface area contributed by atoms with E-state index in [2.05, 4.69) is 20.0 Å². The van der Waals surface area contributed by atoms with E-state index >= 15 is 0 Å². The molecule has 234 valence electrons. The number of alkyl halides is 4. The Hall–Kier alpha value is -4.77. The summed E-state index contributed by atoms with van der Waals surface area (Å²) in [5, 5.41) is 12.0. The van der Waals surface area contributed by atoms with Crippen LogP contribution in [-0.4, -0.2) is 58.7 Å². The Balaban J connectivity index is 1.55. The molecule has 0 bridgehead atoms. The molecule has 2 atom stereocenters. The van der Waals surface area contributed by atoms with Gasteiger partial charge in [0.15, 0.2) is 5.78 Å². The van der Waals surface area contributed by atoms with Gasteiger partial charge in [0.25, 0.3) is 5.92 Å².